The number of thiazole rings is 1. The van der Waals surface area contributed by atoms with Crippen LogP contribution in [0.4, 0.5) is 0 Å². The van der Waals surface area contributed by atoms with Crippen LogP contribution in [0.1, 0.15) is 43.0 Å². The van der Waals surface area contributed by atoms with Gasteiger partial charge in [-0.3, -0.25) is 0 Å². The second-order valence-corrected chi connectivity index (χ2v) is 6.41. The van der Waals surface area contributed by atoms with E-state index in [4.69, 9.17) is 0 Å². The number of hydrogen-bond acceptors (Lipinski definition) is 3. The second-order valence-electron chi connectivity index (χ2n) is 5.10. The molecule has 1 aromatic rings. The van der Waals surface area contributed by atoms with Crippen molar-refractivity contribution in [1.82, 2.24) is 15.6 Å². The van der Waals surface area contributed by atoms with Crippen LogP contribution in [-0.2, 0) is 6.54 Å². The molecule has 0 bridgehead atoms. The third-order valence-corrected chi connectivity index (χ3v) is 4.19. The molecule has 1 saturated carbocycles. The molecule has 5 heteroatoms. The van der Waals surface area contributed by atoms with Crippen molar-refractivity contribution in [3.8, 4) is 0 Å². The molecule has 2 rings (SSSR count). The summed E-state index contributed by atoms with van der Waals surface area (Å²) in [6, 6.07) is 0.621. The van der Waals surface area contributed by atoms with Crippen LogP contribution in [0.25, 0.3) is 0 Å². The second kappa shape index (κ2) is 6.89. The molecule has 1 aliphatic carbocycles. The molecule has 0 radical (unpaired) electrons. The lowest BCUT2D eigenvalue weighted by molar-refractivity contribution is 0.655. The van der Waals surface area contributed by atoms with Crippen molar-refractivity contribution in [2.24, 2.45) is 10.9 Å². The van der Waals surface area contributed by atoms with Crippen LogP contribution >= 0.6 is 11.3 Å². The fourth-order valence-corrected chi connectivity index (χ4v) is 2.94. The van der Waals surface area contributed by atoms with Gasteiger partial charge in [0.2, 0.25) is 0 Å². The molecule has 1 aromatic heterocycles. The Morgan fingerprint density at radius 2 is 2.37 bits per heavy atom. The van der Waals surface area contributed by atoms with Crippen LogP contribution in [0.5, 0.6) is 0 Å². The smallest absolute Gasteiger partial charge is 0.191 e. The molecule has 0 saturated heterocycles. The molecule has 19 heavy (non-hydrogen) atoms. The number of guanidine groups is 1. The Morgan fingerprint density at radius 3 is 3.00 bits per heavy atom. The fraction of sp³-hybridized carbons (Fsp3) is 0.714. The summed E-state index contributed by atoms with van der Waals surface area (Å²) < 4.78 is 0. The van der Waals surface area contributed by atoms with Crippen molar-refractivity contribution >= 4 is 17.3 Å². The summed E-state index contributed by atoms with van der Waals surface area (Å²) in [5, 5.41) is 7.91. The van der Waals surface area contributed by atoms with Crippen molar-refractivity contribution in [2.75, 3.05) is 6.54 Å². The lowest BCUT2D eigenvalue weighted by Crippen LogP contribution is -2.39. The maximum absolute atomic E-state index is 4.61. The first-order valence-electron chi connectivity index (χ1n) is 7.19. The van der Waals surface area contributed by atoms with Gasteiger partial charge in [-0.15, -0.1) is 11.3 Å². The van der Waals surface area contributed by atoms with Crippen LogP contribution in [-0.4, -0.2) is 23.5 Å². The van der Waals surface area contributed by atoms with Gasteiger partial charge in [-0.05, 0) is 32.6 Å². The van der Waals surface area contributed by atoms with Crippen LogP contribution in [0, 0.1) is 12.8 Å². The topological polar surface area (TPSA) is 49.3 Å². The number of nitrogens with one attached hydrogen (secondary N) is 2. The zero-order chi connectivity index (χ0) is 13.7. The fourth-order valence-electron chi connectivity index (χ4n) is 2.23. The third-order valence-electron chi connectivity index (χ3n) is 3.29. The van der Waals surface area contributed by atoms with E-state index in [-0.39, 0.29) is 0 Å². The number of aromatic nitrogens is 1. The van der Waals surface area contributed by atoms with Crippen molar-refractivity contribution in [1.29, 1.82) is 0 Å². The Morgan fingerprint density at radius 1 is 1.53 bits per heavy atom. The van der Waals surface area contributed by atoms with E-state index in [1.807, 2.05) is 6.20 Å². The summed E-state index contributed by atoms with van der Waals surface area (Å²) in [6.45, 7) is 7.99. The number of aryl methyl sites for hydroxylation is 1. The van der Waals surface area contributed by atoms with E-state index in [0.717, 1.165) is 23.4 Å². The quantitative estimate of drug-likeness (QED) is 0.622. The molecule has 2 N–H and O–H groups in total. The van der Waals surface area contributed by atoms with Gasteiger partial charge in [0.15, 0.2) is 5.96 Å². The molecule has 0 aliphatic heterocycles. The van der Waals surface area contributed by atoms with Gasteiger partial charge in [0.1, 0.15) is 5.01 Å². The summed E-state index contributed by atoms with van der Waals surface area (Å²) in [5.74, 6) is 1.77. The monoisotopic (exact) mass is 280 g/mol. The van der Waals surface area contributed by atoms with Gasteiger partial charge in [0, 0.05) is 23.7 Å². The van der Waals surface area contributed by atoms with Crippen LogP contribution in [0.3, 0.4) is 0 Å². The minimum absolute atomic E-state index is 0.621. The van der Waals surface area contributed by atoms with E-state index in [0.29, 0.717) is 12.6 Å². The van der Waals surface area contributed by atoms with E-state index < -0.39 is 0 Å². The first kappa shape index (κ1) is 14.3. The van der Waals surface area contributed by atoms with Crippen molar-refractivity contribution in [2.45, 2.75) is 52.6 Å². The molecule has 106 valence electrons. The standard InChI is InChI=1S/C14H24N4S/c1-4-6-11-7-12(11)18-14(15-5-2)17-9-13-16-8-10(3)19-13/h8,11-12H,4-7,9H2,1-3H3,(H2,15,17,18). The molecule has 4 nitrogen and oxygen atoms in total. The van der Waals surface area contributed by atoms with Crippen molar-refractivity contribution < 1.29 is 0 Å². The molecular weight excluding hydrogens is 256 g/mol. The summed E-state index contributed by atoms with van der Waals surface area (Å²) in [6.07, 6.45) is 5.79. The molecule has 2 unspecified atom stereocenters. The van der Waals surface area contributed by atoms with Crippen molar-refractivity contribution in [3.05, 3.63) is 16.1 Å². The number of nitrogens with zero attached hydrogens (tertiary/aromatic N) is 2. The highest BCUT2D eigenvalue weighted by Gasteiger charge is 2.36. The van der Waals surface area contributed by atoms with E-state index in [9.17, 15) is 0 Å². The van der Waals surface area contributed by atoms with E-state index in [1.54, 1.807) is 11.3 Å². The van der Waals surface area contributed by atoms with E-state index in [2.05, 4.69) is 41.4 Å². The predicted molar refractivity (Wildman–Crippen MR) is 81.6 cm³/mol. The summed E-state index contributed by atoms with van der Waals surface area (Å²) in [5.41, 5.74) is 0. The van der Waals surface area contributed by atoms with Crippen LogP contribution in [0.2, 0.25) is 0 Å². The third kappa shape index (κ3) is 4.49. The highest BCUT2D eigenvalue weighted by atomic mass is 32.1. The molecule has 0 aromatic carbocycles. The molecule has 1 fully saturated rings. The van der Waals surface area contributed by atoms with Gasteiger partial charge < -0.3 is 10.6 Å². The molecule has 0 spiro atoms. The first-order chi connectivity index (χ1) is 9.22. The molecule has 1 heterocycles. The lowest BCUT2D eigenvalue weighted by atomic mass is 10.2. The Kier molecular flexibility index (Phi) is 5.19. The molecule has 2 atom stereocenters. The zero-order valence-electron chi connectivity index (χ0n) is 12.1. The lowest BCUT2D eigenvalue weighted by Gasteiger charge is -2.10. The highest BCUT2D eigenvalue weighted by Crippen LogP contribution is 2.34. The Hall–Kier alpha value is -1.10. The minimum Gasteiger partial charge on any atom is -0.357 e. The van der Waals surface area contributed by atoms with Gasteiger partial charge in [-0.2, -0.15) is 0 Å². The number of rotatable bonds is 6. The highest BCUT2D eigenvalue weighted by molar-refractivity contribution is 7.11. The Labute approximate surface area is 119 Å². The normalized spacial score (nSPS) is 22.4. The van der Waals surface area contributed by atoms with E-state index in [1.165, 1.54) is 24.1 Å². The summed E-state index contributed by atoms with van der Waals surface area (Å²) >= 11 is 1.72. The first-order valence-corrected chi connectivity index (χ1v) is 8.00. The maximum Gasteiger partial charge on any atom is 0.191 e. The number of aliphatic imine (C=N–C) groups is 1. The largest absolute Gasteiger partial charge is 0.357 e. The average molecular weight is 280 g/mol. The summed E-state index contributed by atoms with van der Waals surface area (Å²) in [7, 11) is 0. The SMILES string of the molecule is CCCC1CC1NC(=NCc1ncc(C)s1)NCC. The van der Waals surface area contributed by atoms with E-state index >= 15 is 0 Å². The van der Waals surface area contributed by atoms with Gasteiger partial charge in [0.05, 0.1) is 6.54 Å². The van der Waals surface area contributed by atoms with Crippen LogP contribution < -0.4 is 10.6 Å². The van der Waals surface area contributed by atoms with Gasteiger partial charge in [-0.1, -0.05) is 13.3 Å². The predicted octanol–water partition coefficient (Wildman–Crippen LogP) is 2.70. The summed E-state index contributed by atoms with van der Waals surface area (Å²) in [4.78, 5) is 10.2. The van der Waals surface area contributed by atoms with Gasteiger partial charge in [0.25, 0.3) is 0 Å². The zero-order valence-corrected chi connectivity index (χ0v) is 12.9. The minimum atomic E-state index is 0.621. The number of hydrogen-bond donors (Lipinski definition) is 2. The molecule has 0 amide bonds. The van der Waals surface area contributed by atoms with Crippen molar-refractivity contribution in [3.63, 3.8) is 0 Å². The average Bonchev–Trinajstić information content (AvgIpc) is 2.96. The van der Waals surface area contributed by atoms with Gasteiger partial charge in [-0.25, -0.2) is 9.98 Å². The molecule has 1 aliphatic rings. The Balaban J connectivity index is 1.85. The Bertz CT molecular complexity index is 427. The van der Waals surface area contributed by atoms with Crippen LogP contribution in [0.15, 0.2) is 11.2 Å². The van der Waals surface area contributed by atoms with Gasteiger partial charge >= 0.3 is 0 Å². The maximum atomic E-state index is 4.61. The molecular formula is C14H24N4S.